The second kappa shape index (κ2) is 3.39. The van der Waals surface area contributed by atoms with Crippen molar-refractivity contribution in [2.24, 2.45) is 0 Å². The van der Waals surface area contributed by atoms with Gasteiger partial charge in [-0.05, 0) is 6.92 Å². The van der Waals surface area contributed by atoms with Gasteiger partial charge in [-0.1, -0.05) is 21.9 Å². The number of carbonyl (C=O) groups is 1. The van der Waals surface area contributed by atoms with Crippen LogP contribution in [-0.2, 0) is 0 Å². The first-order valence-corrected chi connectivity index (χ1v) is 4.29. The molecule has 2 aromatic heterocycles. The van der Waals surface area contributed by atoms with E-state index in [2.05, 4.69) is 10.3 Å². The Kier molecular flexibility index (Phi) is 2.20. The van der Waals surface area contributed by atoms with E-state index in [1.165, 1.54) is 6.07 Å². The molecule has 0 atom stereocenters. The highest BCUT2D eigenvalue weighted by atomic mass is 35.5. The molecular weight excluding hydrogens is 224 g/mol. The van der Waals surface area contributed by atoms with Crippen molar-refractivity contribution in [3.05, 3.63) is 22.5 Å². The minimum atomic E-state index is -1.23. The van der Waals surface area contributed by atoms with Crippen LogP contribution in [0.3, 0.4) is 0 Å². The van der Waals surface area contributed by atoms with Gasteiger partial charge in [0, 0.05) is 6.07 Å². The Morgan fingerprint density at radius 2 is 2.20 bits per heavy atom. The molecule has 2 rings (SSSR count). The normalized spacial score (nSPS) is 10.5. The van der Waals surface area contributed by atoms with Gasteiger partial charge in [0.1, 0.15) is 5.56 Å². The second-order valence-electron chi connectivity index (χ2n) is 2.82. The maximum atomic E-state index is 10.8. The molecule has 0 aliphatic carbocycles. The first kappa shape index (κ1) is 9.72. The van der Waals surface area contributed by atoms with E-state index < -0.39 is 5.97 Å². The molecule has 78 valence electrons. The van der Waals surface area contributed by atoms with Crippen molar-refractivity contribution in [3.63, 3.8) is 0 Å². The lowest BCUT2D eigenvalue weighted by atomic mass is 10.2. The van der Waals surface area contributed by atoms with Gasteiger partial charge in [-0.25, -0.2) is 4.79 Å². The fourth-order valence-corrected chi connectivity index (χ4v) is 1.30. The molecule has 0 amide bonds. The number of aromatic nitrogens is 2. The summed E-state index contributed by atoms with van der Waals surface area (Å²) >= 11 is 5.55. The molecule has 0 radical (unpaired) electrons. The number of halogens is 1. The van der Waals surface area contributed by atoms with Crippen molar-refractivity contribution >= 4 is 17.6 Å². The van der Waals surface area contributed by atoms with Crippen LogP contribution in [0.1, 0.15) is 16.1 Å². The predicted octanol–water partition coefficient (Wildman–Crippen LogP) is 1.99. The summed E-state index contributed by atoms with van der Waals surface area (Å²) in [6, 6.07) is 1.53. The van der Waals surface area contributed by atoms with Crippen LogP contribution in [0.2, 0.25) is 5.15 Å². The number of nitrogens with zero attached hydrogens (tertiary/aromatic N) is 2. The zero-order valence-corrected chi connectivity index (χ0v) is 8.28. The van der Waals surface area contributed by atoms with E-state index in [4.69, 9.17) is 25.8 Å². The molecule has 7 heteroatoms. The van der Waals surface area contributed by atoms with Crippen LogP contribution in [0.25, 0.3) is 11.5 Å². The molecular formula is C8H5ClN2O4. The SMILES string of the molecule is Cc1cc(-c2onc(Cl)c2C(=O)O)on1. The first-order chi connectivity index (χ1) is 7.09. The average molecular weight is 229 g/mol. The molecule has 0 fully saturated rings. The summed E-state index contributed by atoms with van der Waals surface area (Å²) in [7, 11) is 0. The Labute approximate surface area is 88.4 Å². The van der Waals surface area contributed by atoms with Crippen LogP contribution in [-0.4, -0.2) is 21.4 Å². The predicted molar refractivity (Wildman–Crippen MR) is 48.7 cm³/mol. The van der Waals surface area contributed by atoms with Gasteiger partial charge in [0.2, 0.25) is 11.5 Å². The Morgan fingerprint density at radius 3 is 2.73 bits per heavy atom. The quantitative estimate of drug-likeness (QED) is 0.845. The van der Waals surface area contributed by atoms with Crippen molar-refractivity contribution in [2.45, 2.75) is 6.92 Å². The second-order valence-corrected chi connectivity index (χ2v) is 3.17. The number of hydrogen-bond acceptors (Lipinski definition) is 5. The molecule has 0 aromatic carbocycles. The van der Waals surface area contributed by atoms with Gasteiger partial charge in [-0.3, -0.25) is 0 Å². The summed E-state index contributed by atoms with van der Waals surface area (Å²) in [6.45, 7) is 1.70. The summed E-state index contributed by atoms with van der Waals surface area (Å²) < 4.78 is 9.61. The first-order valence-electron chi connectivity index (χ1n) is 3.91. The Morgan fingerprint density at radius 1 is 1.47 bits per heavy atom. The highest BCUT2D eigenvalue weighted by Crippen LogP contribution is 2.29. The molecule has 0 aliphatic heterocycles. The molecule has 0 bridgehead atoms. The third-order valence-corrected chi connectivity index (χ3v) is 1.97. The molecule has 0 aliphatic rings. The van der Waals surface area contributed by atoms with Gasteiger partial charge in [-0.15, -0.1) is 0 Å². The average Bonchev–Trinajstić information content (AvgIpc) is 2.71. The van der Waals surface area contributed by atoms with E-state index in [1.54, 1.807) is 6.92 Å². The van der Waals surface area contributed by atoms with Crippen LogP contribution in [0.15, 0.2) is 15.1 Å². The molecule has 1 N–H and O–H groups in total. The van der Waals surface area contributed by atoms with E-state index in [0.29, 0.717) is 5.69 Å². The third kappa shape index (κ3) is 1.59. The van der Waals surface area contributed by atoms with Gasteiger partial charge in [0.15, 0.2) is 5.15 Å². The third-order valence-electron chi connectivity index (χ3n) is 1.72. The van der Waals surface area contributed by atoms with Crippen LogP contribution < -0.4 is 0 Å². The van der Waals surface area contributed by atoms with E-state index in [-0.39, 0.29) is 22.2 Å². The maximum absolute atomic E-state index is 10.8. The Hall–Kier alpha value is -1.82. The maximum Gasteiger partial charge on any atom is 0.343 e. The summed E-state index contributed by atoms with van der Waals surface area (Å²) in [5.41, 5.74) is 0.377. The van der Waals surface area contributed by atoms with Gasteiger partial charge >= 0.3 is 5.97 Å². The van der Waals surface area contributed by atoms with E-state index in [1.807, 2.05) is 0 Å². The summed E-state index contributed by atoms with van der Waals surface area (Å²) in [5.74, 6) is -1.08. The fourth-order valence-electron chi connectivity index (χ4n) is 1.09. The fraction of sp³-hybridized carbons (Fsp3) is 0.125. The molecule has 15 heavy (non-hydrogen) atoms. The number of carboxylic acid groups (broad SMARTS) is 1. The summed E-state index contributed by atoms with van der Waals surface area (Å²) in [4.78, 5) is 10.8. The number of aryl methyl sites for hydroxylation is 1. The molecule has 2 heterocycles. The lowest BCUT2D eigenvalue weighted by molar-refractivity contribution is 0.0697. The zero-order valence-electron chi connectivity index (χ0n) is 7.52. The van der Waals surface area contributed by atoms with Gasteiger partial charge in [0.25, 0.3) is 0 Å². The van der Waals surface area contributed by atoms with Gasteiger partial charge in [-0.2, -0.15) is 0 Å². The summed E-state index contributed by atoms with van der Waals surface area (Å²) in [6.07, 6.45) is 0. The number of hydrogen-bond donors (Lipinski definition) is 1. The Balaban J connectivity index is 2.58. The molecule has 6 nitrogen and oxygen atoms in total. The smallest absolute Gasteiger partial charge is 0.343 e. The number of carboxylic acids is 1. The highest BCUT2D eigenvalue weighted by molar-refractivity contribution is 6.32. The minimum Gasteiger partial charge on any atom is -0.477 e. The van der Waals surface area contributed by atoms with Crippen molar-refractivity contribution in [1.82, 2.24) is 10.3 Å². The molecule has 0 unspecified atom stereocenters. The molecule has 0 saturated heterocycles. The number of aromatic carboxylic acids is 1. The largest absolute Gasteiger partial charge is 0.477 e. The van der Waals surface area contributed by atoms with Crippen molar-refractivity contribution in [2.75, 3.05) is 0 Å². The summed E-state index contributed by atoms with van der Waals surface area (Å²) in [5, 5.41) is 15.6. The molecule has 0 saturated carbocycles. The topological polar surface area (TPSA) is 89.4 Å². The van der Waals surface area contributed by atoms with E-state index >= 15 is 0 Å². The molecule has 2 aromatic rings. The lowest BCUT2D eigenvalue weighted by Crippen LogP contribution is -1.96. The van der Waals surface area contributed by atoms with Gasteiger partial charge < -0.3 is 14.2 Å². The minimum absolute atomic E-state index is 0.0342. The monoisotopic (exact) mass is 228 g/mol. The number of rotatable bonds is 2. The van der Waals surface area contributed by atoms with Crippen LogP contribution in [0.4, 0.5) is 0 Å². The van der Waals surface area contributed by atoms with Crippen LogP contribution in [0, 0.1) is 6.92 Å². The van der Waals surface area contributed by atoms with Gasteiger partial charge in [0.05, 0.1) is 5.69 Å². The standard InChI is InChI=1S/C8H5ClN2O4/c1-3-2-4(14-10-3)6-5(8(12)13)7(9)11-15-6/h2H,1H3,(H,12,13). The van der Waals surface area contributed by atoms with E-state index in [0.717, 1.165) is 0 Å². The van der Waals surface area contributed by atoms with Crippen molar-refractivity contribution in [1.29, 1.82) is 0 Å². The van der Waals surface area contributed by atoms with E-state index in [9.17, 15) is 4.79 Å². The molecule has 0 spiro atoms. The Bertz CT molecular complexity index is 516. The zero-order chi connectivity index (χ0) is 11.0. The lowest BCUT2D eigenvalue weighted by Gasteiger charge is -1.90. The van der Waals surface area contributed by atoms with Crippen LogP contribution >= 0.6 is 11.6 Å². The van der Waals surface area contributed by atoms with Crippen LogP contribution in [0.5, 0.6) is 0 Å². The highest BCUT2D eigenvalue weighted by Gasteiger charge is 2.25. The van der Waals surface area contributed by atoms with Crippen molar-refractivity contribution in [3.8, 4) is 11.5 Å². The van der Waals surface area contributed by atoms with Crippen molar-refractivity contribution < 1.29 is 18.9 Å².